The number of aromatic nitrogens is 3. The van der Waals surface area contributed by atoms with Crippen LogP contribution in [0.5, 0.6) is 0 Å². The molecule has 142 valence electrons. The maximum absolute atomic E-state index is 12.3. The fraction of sp³-hybridized carbons (Fsp3) is 0.188. The van der Waals surface area contributed by atoms with E-state index >= 15 is 0 Å². The Hall–Kier alpha value is -2.34. The zero-order chi connectivity index (χ0) is 19.6. The third-order valence-electron chi connectivity index (χ3n) is 3.71. The number of aryl methyl sites for hydroxylation is 1. The number of carbonyl (C=O) groups is 1. The predicted molar refractivity (Wildman–Crippen MR) is 105 cm³/mol. The van der Waals surface area contributed by atoms with Crippen LogP contribution >= 0.6 is 23.6 Å². The van der Waals surface area contributed by atoms with Crippen LogP contribution in [0.15, 0.2) is 40.6 Å². The van der Waals surface area contributed by atoms with Gasteiger partial charge in [-0.05, 0) is 37.3 Å². The van der Waals surface area contributed by atoms with Crippen molar-refractivity contribution in [1.82, 2.24) is 20.1 Å². The van der Waals surface area contributed by atoms with Crippen LogP contribution in [0.1, 0.15) is 10.4 Å². The molecule has 0 aliphatic rings. The number of nitrogens with one attached hydrogen (secondary N) is 2. The van der Waals surface area contributed by atoms with Crippen molar-refractivity contribution >= 4 is 39.5 Å². The number of carbonyl (C=O) groups excluding carboxylic acids is 1. The number of sulfonamides is 1. The second-order valence-electron chi connectivity index (χ2n) is 5.85. The van der Waals surface area contributed by atoms with E-state index in [4.69, 9.17) is 17.4 Å². The monoisotopic (exact) mass is 423 g/mol. The molecule has 0 aliphatic heterocycles. The molecule has 0 fully saturated rings. The summed E-state index contributed by atoms with van der Waals surface area (Å²) < 4.78 is 24.6. The number of primary sulfonamides is 1. The van der Waals surface area contributed by atoms with Gasteiger partial charge in [-0.15, -0.1) is 11.3 Å². The fourth-order valence-electron chi connectivity index (χ4n) is 2.46. The Kier molecular flexibility index (Phi) is 5.56. The average Bonchev–Trinajstić information content (AvgIpc) is 3.21. The summed E-state index contributed by atoms with van der Waals surface area (Å²) in [5.41, 5.74) is 1.92. The van der Waals surface area contributed by atoms with Crippen molar-refractivity contribution in [1.29, 1.82) is 0 Å². The van der Waals surface area contributed by atoms with E-state index in [2.05, 4.69) is 15.5 Å². The van der Waals surface area contributed by atoms with E-state index in [1.54, 1.807) is 10.6 Å². The second-order valence-corrected chi connectivity index (χ2v) is 9.19. The number of rotatable bonds is 6. The summed E-state index contributed by atoms with van der Waals surface area (Å²) in [5.74, 6) is 0.304. The first-order valence-electron chi connectivity index (χ1n) is 7.84. The van der Waals surface area contributed by atoms with E-state index in [1.807, 2.05) is 31.2 Å². The first kappa shape index (κ1) is 19.4. The standard InChI is InChI=1S/C16H17N5O3S3/c1-10-3-2-4-11(7-10)15-19-20-16(25)21(15)9-13(22)18-8-12-5-6-14(26-12)27(17,23)24/h2-7H,8-9H2,1H3,(H,18,22)(H,20,25)(H2,17,23,24). The molecule has 0 atom stereocenters. The number of thiophene rings is 1. The Morgan fingerprint density at radius 2 is 2.15 bits per heavy atom. The lowest BCUT2D eigenvalue weighted by Gasteiger charge is -2.08. The summed E-state index contributed by atoms with van der Waals surface area (Å²) in [6.45, 7) is 2.16. The fourth-order valence-corrected chi connectivity index (χ4v) is 4.38. The molecule has 2 heterocycles. The van der Waals surface area contributed by atoms with Gasteiger partial charge in [0.1, 0.15) is 10.8 Å². The first-order valence-corrected chi connectivity index (χ1v) is 10.6. The topological polar surface area (TPSA) is 123 Å². The zero-order valence-electron chi connectivity index (χ0n) is 14.3. The van der Waals surface area contributed by atoms with Crippen molar-refractivity contribution in [2.45, 2.75) is 24.2 Å². The third-order valence-corrected chi connectivity index (χ3v) is 6.55. The molecule has 1 aromatic carbocycles. The molecule has 0 spiro atoms. The molecule has 0 aliphatic carbocycles. The number of nitrogens with zero attached hydrogens (tertiary/aromatic N) is 2. The predicted octanol–water partition coefficient (Wildman–Crippen LogP) is 1.94. The van der Waals surface area contributed by atoms with E-state index in [1.165, 1.54) is 6.07 Å². The average molecular weight is 424 g/mol. The number of nitrogens with two attached hydrogens (primary N) is 1. The van der Waals surface area contributed by atoms with Gasteiger partial charge < -0.3 is 5.32 Å². The van der Waals surface area contributed by atoms with E-state index in [9.17, 15) is 13.2 Å². The molecule has 0 unspecified atom stereocenters. The molecule has 11 heteroatoms. The molecule has 0 saturated heterocycles. The molecule has 3 rings (SSSR count). The maximum atomic E-state index is 12.3. The SMILES string of the molecule is Cc1cccc(-c2n[nH]c(=S)n2CC(=O)NCc2ccc(S(N)(=O)=O)s2)c1. The summed E-state index contributed by atoms with van der Waals surface area (Å²) in [6, 6.07) is 10.8. The number of amides is 1. The Morgan fingerprint density at radius 3 is 2.81 bits per heavy atom. The molecular weight excluding hydrogens is 406 g/mol. The van der Waals surface area contributed by atoms with Gasteiger partial charge in [-0.3, -0.25) is 14.5 Å². The molecule has 27 heavy (non-hydrogen) atoms. The second kappa shape index (κ2) is 7.72. The number of H-pyrrole nitrogens is 1. The molecule has 1 amide bonds. The molecule has 4 N–H and O–H groups in total. The number of hydrogen-bond acceptors (Lipinski definition) is 6. The van der Waals surface area contributed by atoms with Gasteiger partial charge >= 0.3 is 0 Å². The molecular formula is C16H17N5O3S3. The molecule has 3 aromatic rings. The lowest BCUT2D eigenvalue weighted by atomic mass is 10.1. The van der Waals surface area contributed by atoms with E-state index in [0.29, 0.717) is 15.5 Å². The maximum Gasteiger partial charge on any atom is 0.247 e. The van der Waals surface area contributed by atoms with Gasteiger partial charge in [0.05, 0.1) is 6.54 Å². The zero-order valence-corrected chi connectivity index (χ0v) is 16.7. The number of aromatic amines is 1. The van der Waals surface area contributed by atoms with Crippen molar-refractivity contribution in [3.63, 3.8) is 0 Å². The van der Waals surface area contributed by atoms with Crippen molar-refractivity contribution in [3.05, 3.63) is 51.6 Å². The minimum absolute atomic E-state index is 0.00791. The molecule has 2 aromatic heterocycles. The Morgan fingerprint density at radius 1 is 1.37 bits per heavy atom. The van der Waals surface area contributed by atoms with Crippen LogP contribution in [0.25, 0.3) is 11.4 Å². The van der Waals surface area contributed by atoms with Gasteiger partial charge in [-0.2, -0.15) is 5.10 Å². The van der Waals surface area contributed by atoms with Crippen molar-refractivity contribution in [2.75, 3.05) is 0 Å². The number of benzene rings is 1. The van der Waals surface area contributed by atoms with Gasteiger partial charge in [0.2, 0.25) is 15.9 Å². The molecule has 0 radical (unpaired) electrons. The Labute approximate surface area is 165 Å². The summed E-state index contributed by atoms with van der Waals surface area (Å²) in [6.07, 6.45) is 0. The van der Waals surface area contributed by atoms with E-state index < -0.39 is 10.0 Å². The highest BCUT2D eigenvalue weighted by Crippen LogP contribution is 2.20. The molecule has 0 saturated carbocycles. The van der Waals surface area contributed by atoms with Crippen LogP contribution in [-0.2, 0) is 27.9 Å². The van der Waals surface area contributed by atoms with Gasteiger partial charge in [0.25, 0.3) is 0 Å². The van der Waals surface area contributed by atoms with E-state index in [0.717, 1.165) is 22.5 Å². The van der Waals surface area contributed by atoms with Crippen LogP contribution in [0, 0.1) is 11.7 Å². The van der Waals surface area contributed by atoms with Gasteiger partial charge in [-0.25, -0.2) is 13.6 Å². The minimum Gasteiger partial charge on any atom is -0.350 e. The van der Waals surface area contributed by atoms with Gasteiger partial charge in [0.15, 0.2) is 10.6 Å². The van der Waals surface area contributed by atoms with Crippen molar-refractivity contribution in [2.24, 2.45) is 5.14 Å². The van der Waals surface area contributed by atoms with Crippen LogP contribution in [0.3, 0.4) is 0 Å². The summed E-state index contributed by atoms with van der Waals surface area (Å²) >= 11 is 6.25. The van der Waals surface area contributed by atoms with Crippen LogP contribution in [0.2, 0.25) is 0 Å². The molecule has 8 nitrogen and oxygen atoms in total. The van der Waals surface area contributed by atoms with Gasteiger partial charge in [-0.1, -0.05) is 23.8 Å². The summed E-state index contributed by atoms with van der Waals surface area (Å²) in [5, 5.41) is 14.8. The molecule has 0 bridgehead atoms. The lowest BCUT2D eigenvalue weighted by molar-refractivity contribution is -0.121. The van der Waals surface area contributed by atoms with Crippen LogP contribution < -0.4 is 10.5 Å². The highest BCUT2D eigenvalue weighted by Gasteiger charge is 2.14. The summed E-state index contributed by atoms with van der Waals surface area (Å²) in [7, 11) is -3.73. The minimum atomic E-state index is -3.73. The number of hydrogen-bond donors (Lipinski definition) is 3. The Bertz CT molecular complexity index is 1140. The van der Waals surface area contributed by atoms with Crippen LogP contribution in [-0.4, -0.2) is 29.1 Å². The van der Waals surface area contributed by atoms with Crippen molar-refractivity contribution < 1.29 is 13.2 Å². The van der Waals surface area contributed by atoms with Crippen LogP contribution in [0.4, 0.5) is 0 Å². The smallest absolute Gasteiger partial charge is 0.247 e. The normalized spacial score (nSPS) is 11.5. The van der Waals surface area contributed by atoms with Gasteiger partial charge in [0, 0.05) is 10.4 Å². The lowest BCUT2D eigenvalue weighted by Crippen LogP contribution is -2.27. The van der Waals surface area contributed by atoms with E-state index in [-0.39, 0.29) is 23.2 Å². The quantitative estimate of drug-likeness (QED) is 0.523. The highest BCUT2D eigenvalue weighted by molar-refractivity contribution is 7.91. The Balaban J connectivity index is 1.71. The third kappa shape index (κ3) is 4.69. The summed E-state index contributed by atoms with van der Waals surface area (Å²) in [4.78, 5) is 13.0. The van der Waals surface area contributed by atoms with Crippen molar-refractivity contribution in [3.8, 4) is 11.4 Å². The largest absolute Gasteiger partial charge is 0.350 e. The first-order chi connectivity index (χ1) is 12.7. The highest BCUT2D eigenvalue weighted by atomic mass is 32.2.